The fourth-order valence-electron chi connectivity index (χ4n) is 30.5. The first-order valence-electron chi connectivity index (χ1n) is 44.0. The number of esters is 3. The molecule has 20 heteroatoms. The van der Waals surface area contributed by atoms with E-state index in [0.717, 1.165) is 128 Å². The summed E-state index contributed by atoms with van der Waals surface area (Å²) in [6, 6.07) is 0.991. The molecule has 3 heterocycles. The number of aromatic nitrogens is 9. The van der Waals surface area contributed by atoms with Crippen molar-refractivity contribution in [3.8, 4) is 0 Å². The molecule has 107 heavy (non-hydrogen) atoms. The number of methoxy groups -OCH3 is 3. The molecule has 0 radical (unpaired) electrons. The molecule has 12 aliphatic carbocycles. The van der Waals surface area contributed by atoms with E-state index >= 15 is 4.57 Å². The SMILES string of the molecule is COC(=O)CC[C@@H](C)[C@H]1CC[C@H]2[C@@H]3CC[C@@H]4C[C@@H]([n+]5cc(CNP(=O)(NCc6c[n+]([C@H]7CC[C@@]8(C)[C@H](CC[C@@H]9[C@@H]8CC[C@]8(C)[C@@H]([C@H](C)CCC(=O)OC)CC[C@@H]98)C7)nn6C)NCc6c[n+]([C@H]7CC[C@@]8(C)[C@H](CC[C@@H]9[C@@H]8CC[C@]8(C)[C@@H]([C@H](C)CCC(=O)OC)CC[C@@H]98)C7)nn6C)n(C)n5)CC[C@]4(C)[C@H]3CC[C@]12C. The van der Waals surface area contributed by atoms with Crippen LogP contribution >= 0.6 is 7.59 Å². The number of carbonyl (C=O) groups is 3. The summed E-state index contributed by atoms with van der Waals surface area (Å²) in [7, 11) is 7.23. The van der Waals surface area contributed by atoms with E-state index in [9.17, 15) is 14.4 Å². The topological polar surface area (TPSA) is 197 Å². The van der Waals surface area contributed by atoms with Crippen molar-refractivity contribution in [1.29, 1.82) is 0 Å². The summed E-state index contributed by atoms with van der Waals surface area (Å²) in [6.45, 7) is 24.3. The van der Waals surface area contributed by atoms with E-state index in [1.165, 1.54) is 156 Å². The van der Waals surface area contributed by atoms with Crippen LogP contribution in [-0.2, 0) is 73.9 Å². The maximum absolute atomic E-state index is 16.0. The van der Waals surface area contributed by atoms with Crippen molar-refractivity contribution in [3.63, 3.8) is 0 Å². The molecule has 3 aromatic heterocycles. The van der Waals surface area contributed by atoms with Crippen molar-refractivity contribution < 1.29 is 47.2 Å². The maximum atomic E-state index is 16.0. The first-order valence-corrected chi connectivity index (χ1v) is 45.7. The highest BCUT2D eigenvalue weighted by Crippen LogP contribution is 2.73. The van der Waals surface area contributed by atoms with Crippen LogP contribution in [0.3, 0.4) is 0 Å². The average molecular weight is 1500 g/mol. The Morgan fingerprint density at radius 3 is 0.944 bits per heavy atom. The van der Waals surface area contributed by atoms with E-state index in [-0.39, 0.29) is 17.9 Å². The van der Waals surface area contributed by atoms with Gasteiger partial charge in [-0.05, 0) is 332 Å². The predicted octanol–water partition coefficient (Wildman–Crippen LogP) is 15.9. The summed E-state index contributed by atoms with van der Waals surface area (Å²) < 4.78 is 44.1. The Bertz CT molecular complexity index is 3370. The fraction of sp³-hybridized carbons (Fsp3) is 0.897. The zero-order valence-electron chi connectivity index (χ0n) is 69.1. The highest BCUT2D eigenvalue weighted by Gasteiger charge is 2.65. The van der Waals surface area contributed by atoms with Crippen molar-refractivity contribution in [2.75, 3.05) is 21.3 Å². The molecule has 0 spiro atoms. The Labute approximate surface area is 643 Å². The van der Waals surface area contributed by atoms with Crippen LogP contribution in [0.1, 0.15) is 309 Å². The first kappa shape index (κ1) is 78.2. The number of hydrogen-bond donors (Lipinski definition) is 3. The van der Waals surface area contributed by atoms with Gasteiger partial charge in [-0.3, -0.25) is 18.9 Å². The molecule has 19 nitrogen and oxygen atoms in total. The van der Waals surface area contributed by atoms with Crippen LogP contribution in [0.5, 0.6) is 0 Å². The summed E-state index contributed by atoms with van der Waals surface area (Å²) in [4.78, 5) is 36.6. The predicted molar refractivity (Wildman–Crippen MR) is 412 cm³/mol. The third-order valence-electron chi connectivity index (χ3n) is 36.7. The Morgan fingerprint density at radius 1 is 0.411 bits per heavy atom. The van der Waals surface area contributed by atoms with Crippen LogP contribution in [0.25, 0.3) is 0 Å². The second-order valence-corrected chi connectivity index (χ2v) is 42.8. The molecule has 15 rings (SSSR count). The fourth-order valence-corrected chi connectivity index (χ4v) is 32.0. The summed E-state index contributed by atoms with van der Waals surface area (Å²) in [5.74, 6) is 12.6. The lowest BCUT2D eigenvalue weighted by Gasteiger charge is -2.61. The molecule has 0 unspecified atom stereocenters. The van der Waals surface area contributed by atoms with Gasteiger partial charge in [-0.15, -0.1) is 28.1 Å². The Kier molecular flexibility index (Phi) is 22.2. The van der Waals surface area contributed by atoms with E-state index in [4.69, 9.17) is 29.9 Å². The van der Waals surface area contributed by atoms with Crippen molar-refractivity contribution in [2.24, 2.45) is 160 Å². The molecule has 0 aliphatic heterocycles. The van der Waals surface area contributed by atoms with E-state index in [0.29, 0.717) is 143 Å². The second-order valence-electron chi connectivity index (χ2n) is 40.7. The van der Waals surface area contributed by atoms with Crippen LogP contribution in [0, 0.1) is 139 Å². The third kappa shape index (κ3) is 14.1. The molecule has 12 fully saturated rings. The number of nitrogens with zero attached hydrogens (tertiary/aromatic N) is 9. The number of rotatable bonds is 24. The molecule has 12 saturated carbocycles. The van der Waals surface area contributed by atoms with E-state index in [2.05, 4.69) is 131 Å². The highest BCUT2D eigenvalue weighted by molar-refractivity contribution is 7.57. The van der Waals surface area contributed by atoms with Gasteiger partial charge in [0.05, 0.1) is 56.6 Å². The van der Waals surface area contributed by atoms with E-state index in [1.54, 1.807) is 0 Å². The number of fused-ring (bicyclic) bond motifs is 15. The van der Waals surface area contributed by atoms with Crippen LogP contribution in [0.4, 0.5) is 0 Å². The number of nitrogens with one attached hydrogen (secondary N) is 3. The van der Waals surface area contributed by atoms with Crippen LogP contribution < -0.4 is 29.3 Å². The Morgan fingerprint density at radius 2 is 0.673 bits per heavy atom. The molecule has 0 amide bonds. The van der Waals surface area contributed by atoms with Gasteiger partial charge in [-0.1, -0.05) is 62.3 Å². The molecule has 12 aliphatic rings. The summed E-state index contributed by atoms with van der Waals surface area (Å²) in [5, 5.41) is 26.6. The van der Waals surface area contributed by atoms with Crippen LogP contribution in [0.2, 0.25) is 0 Å². The number of hydrogen-bond acceptors (Lipinski definition) is 10. The highest BCUT2D eigenvalue weighted by atomic mass is 31.2. The van der Waals surface area contributed by atoms with Gasteiger partial charge >= 0.3 is 17.9 Å². The summed E-state index contributed by atoms with van der Waals surface area (Å²) in [5.41, 5.74) is 5.16. The minimum absolute atomic E-state index is 0.0708. The summed E-state index contributed by atoms with van der Waals surface area (Å²) >= 11 is 0. The van der Waals surface area contributed by atoms with Gasteiger partial charge in [0.2, 0.25) is 0 Å². The molecule has 27 atom stereocenters. The molecule has 3 N–H and O–H groups in total. The third-order valence-corrected chi connectivity index (χ3v) is 38.5. The van der Waals surface area contributed by atoms with E-state index < -0.39 is 7.59 Å². The quantitative estimate of drug-likeness (QED) is 0.0332. The number of ether oxygens (including phenoxy) is 3. The van der Waals surface area contributed by atoms with Gasteiger partial charge in [-0.2, -0.15) is 0 Å². The summed E-state index contributed by atoms with van der Waals surface area (Å²) in [6.07, 6.45) is 45.6. The van der Waals surface area contributed by atoms with E-state index in [1.807, 2.05) is 14.0 Å². The van der Waals surface area contributed by atoms with Gasteiger partial charge in [0.25, 0.3) is 7.59 Å². The maximum Gasteiger partial charge on any atom is 0.305 e. The molecule has 0 aromatic carbocycles. The Hall–Kier alpha value is -4.06. The molecular weight excluding hydrogens is 1360 g/mol. The molecular formula is C87H144N12O7P+3. The second kappa shape index (κ2) is 30.4. The zero-order chi connectivity index (χ0) is 75.5. The lowest BCUT2D eigenvalue weighted by atomic mass is 9.44. The van der Waals surface area contributed by atoms with Gasteiger partial charge < -0.3 is 14.2 Å². The minimum atomic E-state index is -3.52. The van der Waals surface area contributed by atoms with Gasteiger partial charge in [0.15, 0.2) is 35.7 Å². The normalized spacial score (nSPS) is 41.5. The first-order chi connectivity index (χ1) is 51.1. The zero-order valence-corrected chi connectivity index (χ0v) is 70.0. The average Bonchev–Trinajstić information content (AvgIpc) is 1.71. The molecule has 0 bridgehead atoms. The smallest absolute Gasteiger partial charge is 0.305 e. The van der Waals surface area contributed by atoms with Gasteiger partial charge in [0, 0.05) is 19.3 Å². The molecule has 596 valence electrons. The monoisotopic (exact) mass is 1500 g/mol. The van der Waals surface area contributed by atoms with Crippen molar-refractivity contribution in [3.05, 3.63) is 35.7 Å². The van der Waals surface area contributed by atoms with Gasteiger partial charge in [0.1, 0.15) is 39.3 Å². The molecule has 0 saturated heterocycles. The van der Waals surface area contributed by atoms with Gasteiger partial charge in [-0.25, -0.2) is 15.3 Å². The van der Waals surface area contributed by atoms with Crippen molar-refractivity contribution in [2.45, 2.75) is 312 Å². The van der Waals surface area contributed by atoms with Crippen molar-refractivity contribution in [1.82, 2.24) is 44.9 Å². The van der Waals surface area contributed by atoms with Crippen LogP contribution in [-0.4, -0.2) is 68.9 Å². The van der Waals surface area contributed by atoms with Crippen LogP contribution in [0.15, 0.2) is 18.6 Å². The lowest BCUT2D eigenvalue weighted by molar-refractivity contribution is -0.782. The molecule has 3 aromatic rings. The lowest BCUT2D eigenvalue weighted by Crippen LogP contribution is -2.56. The number of carbonyl (C=O) groups excluding carboxylic acids is 3. The Balaban J connectivity index is 0.609. The largest absolute Gasteiger partial charge is 0.469 e. The van der Waals surface area contributed by atoms with Crippen molar-refractivity contribution >= 4 is 25.5 Å². The minimum Gasteiger partial charge on any atom is -0.469 e. The standard InChI is InChI=1S/C87H144N12O7P/c1-55(16-31-79(100)104-13)70-25-28-73-67-22-19-58-46-61(34-40-82(58,4)76(67)37-43-85(70,73)7)97-52-64(94(10)91-97)49-88-107(103,89-50-65-53-98(92-95(65)11)62-35-41-83(5)59(47-62)20-23-68-74-29-26-71(56(2)17-32-80(101)105-14)86(74,8)44-38-77(68)83)90-51-66-54-99(93-96(66)12)63-36-42-84(6)60(48-63)21-24-69-75-30-27-72(57(3)18-33-81(102)106-15)87(75,9)45-39-78(69)84/h52-63,67-78H,16-51H2,1-15H3,(H3,88,89,90,103)/q+3/t55-,56-,57-,58-,59-,60-,61+,62+,63+,67+,68+,69+,70-,71-,72-,73+,74+,75+,76+,77+,78+,82+,83+,84+,85-,86-,87-/m1/s1. The number of aryl methyl sites for hydroxylation is 3.